The molecule has 0 bridgehead atoms. The van der Waals surface area contributed by atoms with Crippen molar-refractivity contribution in [2.45, 2.75) is 57.7 Å². The van der Waals surface area contributed by atoms with Crippen molar-refractivity contribution >= 4 is 28.0 Å². The maximum absolute atomic E-state index is 13.3. The zero-order valence-corrected chi connectivity index (χ0v) is 20.9. The highest BCUT2D eigenvalue weighted by atomic mass is 16.3. The smallest absolute Gasteiger partial charge is 0.251 e. The summed E-state index contributed by atoms with van der Waals surface area (Å²) in [6, 6.07) is 13.2. The van der Waals surface area contributed by atoms with Crippen molar-refractivity contribution in [3.8, 4) is 11.3 Å². The van der Waals surface area contributed by atoms with Crippen molar-refractivity contribution in [2.75, 3.05) is 0 Å². The Balaban J connectivity index is 1.21. The Hall–Kier alpha value is -4.11. The van der Waals surface area contributed by atoms with Crippen LogP contribution in [0.25, 0.3) is 33.3 Å². The van der Waals surface area contributed by atoms with Gasteiger partial charge in [0.15, 0.2) is 5.65 Å². The van der Waals surface area contributed by atoms with E-state index in [0.717, 1.165) is 52.0 Å². The molecular formula is C28H29N7O2. The van der Waals surface area contributed by atoms with Gasteiger partial charge in [-0.15, -0.1) is 0 Å². The zero-order chi connectivity index (χ0) is 25.6. The number of nitrogens with one attached hydrogen (secondary N) is 2. The zero-order valence-electron chi connectivity index (χ0n) is 20.9. The molecule has 0 spiro atoms. The molecule has 1 aromatic carbocycles. The Bertz CT molecular complexity index is 1620. The van der Waals surface area contributed by atoms with Gasteiger partial charge in [0.05, 0.1) is 23.2 Å². The predicted molar refractivity (Wildman–Crippen MR) is 141 cm³/mol. The summed E-state index contributed by atoms with van der Waals surface area (Å²) < 4.78 is 2.03. The normalized spacial score (nSPS) is 19.9. The highest BCUT2D eigenvalue weighted by molar-refractivity contribution is 6.01. The highest BCUT2D eigenvalue weighted by Crippen LogP contribution is 2.32. The molecule has 3 N–H and O–H groups in total. The first-order valence-corrected chi connectivity index (χ1v) is 12.6. The van der Waals surface area contributed by atoms with Crippen molar-refractivity contribution in [1.29, 1.82) is 0 Å². The molecule has 188 valence electrons. The molecule has 1 fully saturated rings. The second-order valence-electron chi connectivity index (χ2n) is 10.1. The van der Waals surface area contributed by atoms with Crippen LogP contribution in [0.3, 0.4) is 0 Å². The number of aryl methyl sites for hydroxylation is 2. The van der Waals surface area contributed by atoms with Crippen molar-refractivity contribution in [3.63, 3.8) is 0 Å². The van der Waals surface area contributed by atoms with Gasteiger partial charge in [-0.3, -0.25) is 14.9 Å². The van der Waals surface area contributed by atoms with Crippen LogP contribution >= 0.6 is 0 Å². The number of pyridine rings is 2. The maximum Gasteiger partial charge on any atom is 0.251 e. The fourth-order valence-corrected chi connectivity index (χ4v) is 5.51. The number of fused-ring (bicyclic) bond motifs is 2. The number of benzene rings is 1. The van der Waals surface area contributed by atoms with Gasteiger partial charge >= 0.3 is 0 Å². The molecule has 9 nitrogen and oxygen atoms in total. The summed E-state index contributed by atoms with van der Waals surface area (Å²) in [6.45, 7) is 4.29. The van der Waals surface area contributed by atoms with E-state index in [1.807, 2.05) is 54.8 Å². The molecule has 6 rings (SSSR count). The largest absolute Gasteiger partial charge is 0.388 e. The third-order valence-corrected chi connectivity index (χ3v) is 7.32. The van der Waals surface area contributed by atoms with Crippen LogP contribution in [0.1, 0.15) is 47.6 Å². The van der Waals surface area contributed by atoms with E-state index in [0.29, 0.717) is 30.6 Å². The minimum Gasteiger partial charge on any atom is -0.388 e. The number of hydrogen-bond acceptors (Lipinski definition) is 6. The summed E-state index contributed by atoms with van der Waals surface area (Å²) >= 11 is 0. The standard InChI is InChI=1S/C28H29N7O2/c1-17-13-19(9-12-29-17)25-22-14-20(7-8-23(22)33-34-25)27(36)32-21-5-3-10-28(37,15-21)16-35-18(2)31-26-24(35)6-4-11-30-26/h4,6-9,11-14,21,37H,3,5,10,15-16H2,1-2H3,(H,32,36)(H,33,34)/t21-,28-/m0/s1. The molecule has 5 aromatic rings. The van der Waals surface area contributed by atoms with E-state index in [2.05, 4.69) is 30.5 Å². The average molecular weight is 496 g/mol. The summed E-state index contributed by atoms with van der Waals surface area (Å²) in [7, 11) is 0. The molecule has 1 saturated carbocycles. The van der Waals surface area contributed by atoms with Gasteiger partial charge in [0.25, 0.3) is 5.91 Å². The molecule has 1 aliphatic carbocycles. The number of hydrogen-bond donors (Lipinski definition) is 3. The lowest BCUT2D eigenvalue weighted by Gasteiger charge is -2.37. The van der Waals surface area contributed by atoms with Crippen LogP contribution in [0, 0.1) is 13.8 Å². The van der Waals surface area contributed by atoms with E-state index < -0.39 is 5.60 Å². The summed E-state index contributed by atoms with van der Waals surface area (Å²) in [4.78, 5) is 26.4. The van der Waals surface area contributed by atoms with Gasteiger partial charge in [0.2, 0.25) is 0 Å². The van der Waals surface area contributed by atoms with Crippen LogP contribution in [-0.2, 0) is 6.54 Å². The van der Waals surface area contributed by atoms with E-state index >= 15 is 0 Å². The van der Waals surface area contributed by atoms with E-state index in [-0.39, 0.29) is 11.9 Å². The lowest BCUT2D eigenvalue weighted by molar-refractivity contribution is -0.0207. The Morgan fingerprint density at radius 3 is 2.95 bits per heavy atom. The first-order valence-electron chi connectivity index (χ1n) is 12.6. The van der Waals surface area contributed by atoms with Gasteiger partial charge in [-0.2, -0.15) is 5.10 Å². The summed E-state index contributed by atoms with van der Waals surface area (Å²) in [5, 5.41) is 23.1. The van der Waals surface area contributed by atoms with Gasteiger partial charge in [0, 0.05) is 40.6 Å². The highest BCUT2D eigenvalue weighted by Gasteiger charge is 2.36. The fraction of sp³-hybridized carbons (Fsp3) is 0.321. The van der Waals surface area contributed by atoms with Crippen LogP contribution in [0.15, 0.2) is 54.9 Å². The van der Waals surface area contributed by atoms with Crippen molar-refractivity contribution in [1.82, 2.24) is 35.0 Å². The Morgan fingerprint density at radius 1 is 1.19 bits per heavy atom. The summed E-state index contributed by atoms with van der Waals surface area (Å²) in [5.41, 5.74) is 4.73. The number of imidazole rings is 1. The Morgan fingerprint density at radius 2 is 2.08 bits per heavy atom. The number of aromatic nitrogens is 6. The average Bonchev–Trinajstić information content (AvgIpc) is 3.44. The summed E-state index contributed by atoms with van der Waals surface area (Å²) in [5.74, 6) is 0.671. The molecule has 37 heavy (non-hydrogen) atoms. The molecule has 1 amide bonds. The van der Waals surface area contributed by atoms with Crippen LogP contribution < -0.4 is 5.32 Å². The van der Waals surface area contributed by atoms with Gasteiger partial charge < -0.3 is 15.0 Å². The molecule has 0 unspecified atom stereocenters. The van der Waals surface area contributed by atoms with Crippen LogP contribution in [-0.4, -0.2) is 52.4 Å². The number of amides is 1. The fourth-order valence-electron chi connectivity index (χ4n) is 5.51. The third kappa shape index (κ3) is 4.46. The lowest BCUT2D eigenvalue weighted by atomic mass is 9.81. The lowest BCUT2D eigenvalue weighted by Crippen LogP contribution is -2.47. The number of rotatable bonds is 5. The molecule has 0 radical (unpaired) electrons. The quantitative estimate of drug-likeness (QED) is 0.338. The molecule has 1 aliphatic rings. The van der Waals surface area contributed by atoms with E-state index in [1.54, 1.807) is 18.5 Å². The number of nitrogens with zero attached hydrogens (tertiary/aromatic N) is 5. The summed E-state index contributed by atoms with van der Waals surface area (Å²) in [6.07, 6.45) is 6.30. The second-order valence-corrected chi connectivity index (χ2v) is 10.1. The number of H-pyrrole nitrogens is 1. The topological polar surface area (TPSA) is 122 Å². The van der Waals surface area contributed by atoms with Crippen molar-refractivity contribution in [2.24, 2.45) is 0 Å². The van der Waals surface area contributed by atoms with Crippen LogP contribution in [0.5, 0.6) is 0 Å². The first-order chi connectivity index (χ1) is 17.9. The molecule has 2 atom stereocenters. The molecule has 4 heterocycles. The van der Waals surface area contributed by atoms with E-state index in [4.69, 9.17) is 0 Å². The minimum atomic E-state index is -0.939. The number of aliphatic hydroxyl groups is 1. The Kier molecular flexibility index (Phi) is 5.72. The van der Waals surface area contributed by atoms with Crippen LogP contribution in [0.4, 0.5) is 0 Å². The number of aromatic amines is 1. The van der Waals surface area contributed by atoms with Crippen molar-refractivity contribution < 1.29 is 9.90 Å². The van der Waals surface area contributed by atoms with E-state index in [9.17, 15) is 9.90 Å². The SMILES string of the molecule is Cc1cc(-c2n[nH]c3ccc(C(=O)N[C@H]4CCC[C@@](O)(Cn5c(C)nc6ncccc65)C4)cc23)ccn1. The maximum atomic E-state index is 13.3. The number of carbonyl (C=O) groups excluding carboxylic acids is 1. The van der Waals surface area contributed by atoms with Crippen molar-refractivity contribution in [3.05, 3.63) is 71.9 Å². The second kappa shape index (κ2) is 9.08. The predicted octanol–water partition coefficient (Wildman–Crippen LogP) is 4.09. The molecule has 4 aromatic heterocycles. The third-order valence-electron chi connectivity index (χ3n) is 7.32. The Labute approximate surface area is 214 Å². The minimum absolute atomic E-state index is 0.123. The van der Waals surface area contributed by atoms with Crippen LogP contribution in [0.2, 0.25) is 0 Å². The van der Waals surface area contributed by atoms with Gasteiger partial charge in [0.1, 0.15) is 11.5 Å². The monoisotopic (exact) mass is 495 g/mol. The van der Waals surface area contributed by atoms with Gasteiger partial charge in [-0.25, -0.2) is 9.97 Å². The molecular weight excluding hydrogens is 466 g/mol. The van der Waals surface area contributed by atoms with E-state index in [1.165, 1.54) is 0 Å². The molecule has 0 saturated heterocycles. The first kappa shape index (κ1) is 23.3. The number of carbonyl (C=O) groups is 1. The molecule has 0 aliphatic heterocycles. The van der Waals surface area contributed by atoms with Gasteiger partial charge in [-0.05, 0) is 82.0 Å². The van der Waals surface area contributed by atoms with Gasteiger partial charge in [-0.1, -0.05) is 0 Å². The molecule has 9 heteroatoms.